The summed E-state index contributed by atoms with van der Waals surface area (Å²) in [5.41, 5.74) is 0.645. The Morgan fingerprint density at radius 3 is 2.83 bits per heavy atom. The fourth-order valence-electron chi connectivity index (χ4n) is 2.01. The van der Waals surface area contributed by atoms with E-state index in [4.69, 9.17) is 4.74 Å². The number of carbonyl (C=O) groups excluding carboxylic acids is 2. The van der Waals surface area contributed by atoms with E-state index in [-0.39, 0.29) is 18.4 Å². The summed E-state index contributed by atoms with van der Waals surface area (Å²) in [5, 5.41) is 2.56. The molecule has 5 heteroatoms. The van der Waals surface area contributed by atoms with E-state index in [0.29, 0.717) is 18.0 Å². The van der Waals surface area contributed by atoms with Gasteiger partial charge in [-0.1, -0.05) is 12.1 Å². The molecule has 0 saturated carbocycles. The van der Waals surface area contributed by atoms with Crippen LogP contribution in [0.2, 0.25) is 0 Å². The summed E-state index contributed by atoms with van der Waals surface area (Å²) < 4.78 is 5.50. The van der Waals surface area contributed by atoms with Crippen LogP contribution in [-0.2, 0) is 9.59 Å². The van der Waals surface area contributed by atoms with Crippen molar-refractivity contribution in [3.63, 3.8) is 0 Å². The minimum Gasteiger partial charge on any atom is -0.492 e. The van der Waals surface area contributed by atoms with Crippen molar-refractivity contribution in [2.24, 2.45) is 0 Å². The summed E-state index contributed by atoms with van der Waals surface area (Å²) in [6.07, 6.45) is 0. The molecule has 1 unspecified atom stereocenters. The molecule has 1 heterocycles. The first-order chi connectivity index (χ1) is 8.65. The maximum absolute atomic E-state index is 12.0. The molecule has 1 aliphatic rings. The zero-order valence-electron chi connectivity index (χ0n) is 10.5. The van der Waals surface area contributed by atoms with Crippen molar-refractivity contribution in [1.82, 2.24) is 5.32 Å². The van der Waals surface area contributed by atoms with Gasteiger partial charge in [0.1, 0.15) is 11.8 Å². The van der Waals surface area contributed by atoms with E-state index in [1.807, 2.05) is 19.1 Å². The third-order valence-electron chi connectivity index (χ3n) is 2.87. The van der Waals surface area contributed by atoms with Crippen LogP contribution < -0.4 is 15.0 Å². The van der Waals surface area contributed by atoms with Gasteiger partial charge in [0.25, 0.3) is 0 Å². The van der Waals surface area contributed by atoms with Gasteiger partial charge >= 0.3 is 0 Å². The van der Waals surface area contributed by atoms with Gasteiger partial charge in [-0.3, -0.25) is 14.5 Å². The van der Waals surface area contributed by atoms with Crippen LogP contribution in [0.5, 0.6) is 5.75 Å². The highest BCUT2D eigenvalue weighted by Crippen LogP contribution is 2.30. The molecular weight excluding hydrogens is 232 g/mol. The zero-order valence-corrected chi connectivity index (χ0v) is 10.5. The number of para-hydroxylation sites is 2. The Morgan fingerprint density at radius 1 is 1.39 bits per heavy atom. The van der Waals surface area contributed by atoms with Gasteiger partial charge in [0, 0.05) is 0 Å². The van der Waals surface area contributed by atoms with E-state index in [2.05, 4.69) is 5.32 Å². The van der Waals surface area contributed by atoms with Crippen molar-refractivity contribution in [2.45, 2.75) is 19.9 Å². The molecule has 2 amide bonds. The highest BCUT2D eigenvalue weighted by atomic mass is 16.5. The van der Waals surface area contributed by atoms with Gasteiger partial charge < -0.3 is 10.1 Å². The number of hydrogen-bond donors (Lipinski definition) is 1. The van der Waals surface area contributed by atoms with Gasteiger partial charge in [0.2, 0.25) is 11.8 Å². The lowest BCUT2D eigenvalue weighted by molar-refractivity contribution is -0.130. The number of amides is 2. The van der Waals surface area contributed by atoms with Crippen LogP contribution in [0.15, 0.2) is 24.3 Å². The van der Waals surface area contributed by atoms with Crippen LogP contribution in [0.4, 0.5) is 5.69 Å². The summed E-state index contributed by atoms with van der Waals surface area (Å²) in [7, 11) is 0. The molecular formula is C13H16N2O3. The Bertz CT molecular complexity index is 473. The number of piperazine rings is 1. The van der Waals surface area contributed by atoms with Crippen molar-refractivity contribution in [2.75, 3.05) is 18.1 Å². The molecule has 0 radical (unpaired) electrons. The molecule has 0 aromatic heterocycles. The monoisotopic (exact) mass is 248 g/mol. The number of nitrogens with one attached hydrogen (secondary N) is 1. The van der Waals surface area contributed by atoms with Gasteiger partial charge in [0.15, 0.2) is 0 Å². The average molecular weight is 248 g/mol. The highest BCUT2D eigenvalue weighted by molar-refractivity contribution is 6.07. The van der Waals surface area contributed by atoms with Crippen LogP contribution in [-0.4, -0.2) is 31.0 Å². The van der Waals surface area contributed by atoms with E-state index in [1.54, 1.807) is 19.1 Å². The Kier molecular flexibility index (Phi) is 3.50. The predicted octanol–water partition coefficient (Wildman–Crippen LogP) is 0.937. The Hall–Kier alpha value is -2.04. The predicted molar refractivity (Wildman–Crippen MR) is 67.6 cm³/mol. The fraction of sp³-hybridized carbons (Fsp3) is 0.385. The first-order valence-corrected chi connectivity index (χ1v) is 5.96. The highest BCUT2D eigenvalue weighted by Gasteiger charge is 2.33. The second kappa shape index (κ2) is 5.08. The van der Waals surface area contributed by atoms with Crippen molar-refractivity contribution in [3.8, 4) is 5.75 Å². The van der Waals surface area contributed by atoms with Crippen molar-refractivity contribution >= 4 is 17.5 Å². The molecule has 0 spiro atoms. The summed E-state index contributed by atoms with van der Waals surface area (Å²) in [6, 6.07) is 6.73. The molecule has 1 aromatic carbocycles. The van der Waals surface area contributed by atoms with Crippen LogP contribution in [0.3, 0.4) is 0 Å². The van der Waals surface area contributed by atoms with E-state index in [9.17, 15) is 9.59 Å². The smallest absolute Gasteiger partial charge is 0.247 e. The number of benzene rings is 1. The van der Waals surface area contributed by atoms with Crippen LogP contribution in [0.25, 0.3) is 0 Å². The number of carbonyl (C=O) groups is 2. The Balaban J connectivity index is 2.39. The van der Waals surface area contributed by atoms with E-state index < -0.39 is 6.04 Å². The molecule has 1 aromatic rings. The fourth-order valence-corrected chi connectivity index (χ4v) is 2.01. The second-order valence-corrected chi connectivity index (χ2v) is 4.06. The summed E-state index contributed by atoms with van der Waals surface area (Å²) >= 11 is 0. The van der Waals surface area contributed by atoms with Gasteiger partial charge in [0.05, 0.1) is 18.8 Å². The van der Waals surface area contributed by atoms with Gasteiger partial charge in [-0.2, -0.15) is 0 Å². The van der Waals surface area contributed by atoms with Crippen LogP contribution >= 0.6 is 0 Å². The maximum atomic E-state index is 12.0. The molecule has 96 valence electrons. The molecule has 18 heavy (non-hydrogen) atoms. The largest absolute Gasteiger partial charge is 0.492 e. The van der Waals surface area contributed by atoms with E-state index in [0.717, 1.165) is 0 Å². The summed E-state index contributed by atoms with van der Waals surface area (Å²) in [6.45, 7) is 4.13. The van der Waals surface area contributed by atoms with Crippen LogP contribution in [0, 0.1) is 0 Å². The lowest BCUT2D eigenvalue weighted by Crippen LogP contribution is -2.57. The summed E-state index contributed by atoms with van der Waals surface area (Å²) in [4.78, 5) is 25.1. The Morgan fingerprint density at radius 2 is 2.11 bits per heavy atom. The molecule has 1 aliphatic heterocycles. The maximum Gasteiger partial charge on any atom is 0.247 e. The third-order valence-corrected chi connectivity index (χ3v) is 2.87. The first kappa shape index (κ1) is 12.4. The quantitative estimate of drug-likeness (QED) is 0.866. The van der Waals surface area contributed by atoms with Crippen molar-refractivity contribution in [1.29, 1.82) is 0 Å². The lowest BCUT2D eigenvalue weighted by atomic mass is 10.1. The number of anilines is 1. The van der Waals surface area contributed by atoms with E-state index in [1.165, 1.54) is 4.90 Å². The van der Waals surface area contributed by atoms with Gasteiger partial charge in [-0.25, -0.2) is 0 Å². The Labute approximate surface area is 106 Å². The first-order valence-electron chi connectivity index (χ1n) is 5.96. The van der Waals surface area contributed by atoms with Gasteiger partial charge in [-0.05, 0) is 26.0 Å². The number of rotatable bonds is 3. The molecule has 2 rings (SSSR count). The topological polar surface area (TPSA) is 58.6 Å². The molecule has 0 aliphatic carbocycles. The number of nitrogens with zero attached hydrogens (tertiary/aromatic N) is 1. The molecule has 0 bridgehead atoms. The second-order valence-electron chi connectivity index (χ2n) is 4.06. The average Bonchev–Trinajstić information content (AvgIpc) is 2.37. The third kappa shape index (κ3) is 2.16. The standard InChI is InChI=1S/C13H16N2O3/c1-3-18-11-7-5-4-6-10(11)15-9(2)13(17)14-8-12(15)16/h4-7,9H,3,8H2,1-2H3,(H,14,17). The van der Waals surface area contributed by atoms with E-state index >= 15 is 0 Å². The molecule has 1 atom stereocenters. The van der Waals surface area contributed by atoms with Gasteiger partial charge in [-0.15, -0.1) is 0 Å². The number of ether oxygens (including phenoxy) is 1. The summed E-state index contributed by atoms with van der Waals surface area (Å²) in [5.74, 6) is 0.338. The lowest BCUT2D eigenvalue weighted by Gasteiger charge is -2.33. The number of hydrogen-bond acceptors (Lipinski definition) is 3. The minimum absolute atomic E-state index is 0.0314. The molecule has 1 fully saturated rings. The van der Waals surface area contributed by atoms with Crippen molar-refractivity contribution < 1.29 is 14.3 Å². The molecule has 1 N–H and O–H groups in total. The molecule has 5 nitrogen and oxygen atoms in total. The van der Waals surface area contributed by atoms with Crippen LogP contribution in [0.1, 0.15) is 13.8 Å². The van der Waals surface area contributed by atoms with Crippen molar-refractivity contribution in [3.05, 3.63) is 24.3 Å². The normalized spacial score (nSPS) is 19.7. The SMILES string of the molecule is CCOc1ccccc1N1C(=O)CNC(=O)C1C. The zero-order chi connectivity index (χ0) is 13.1. The molecule has 1 saturated heterocycles. The minimum atomic E-state index is -0.521.